The van der Waals surface area contributed by atoms with Crippen LogP contribution in [-0.2, 0) is 11.3 Å². The first kappa shape index (κ1) is 21.9. The van der Waals surface area contributed by atoms with E-state index < -0.39 is 10.8 Å². The standard InChI is InChI=1S/C24H18N2O4S2/c1-16-5-9-20(10-6-16)31-21-11-7-17(8-12-21)14-22-23(27)25(24(28)32-22)15-18-3-2-4-19(13-18)26(29)30/h2-14H,15H2,1H3/b22-14-. The third-order valence-electron chi connectivity index (χ3n) is 4.77. The Morgan fingerprint density at radius 3 is 2.31 bits per heavy atom. The molecule has 0 N–H and O–H groups in total. The van der Waals surface area contributed by atoms with E-state index in [0.717, 1.165) is 32.0 Å². The lowest BCUT2D eigenvalue weighted by Gasteiger charge is -2.12. The Bertz CT molecular complexity index is 1220. The molecule has 1 heterocycles. The average molecular weight is 463 g/mol. The summed E-state index contributed by atoms with van der Waals surface area (Å²) in [5.74, 6) is -0.399. The molecule has 8 heteroatoms. The van der Waals surface area contributed by atoms with Crippen LogP contribution in [0.25, 0.3) is 6.08 Å². The summed E-state index contributed by atoms with van der Waals surface area (Å²) in [5, 5.41) is 10.6. The summed E-state index contributed by atoms with van der Waals surface area (Å²) >= 11 is 2.52. The highest BCUT2D eigenvalue weighted by Crippen LogP contribution is 2.34. The van der Waals surface area contributed by atoms with Crippen LogP contribution in [-0.4, -0.2) is 21.0 Å². The number of non-ortho nitro benzene ring substituents is 1. The van der Waals surface area contributed by atoms with Crippen LogP contribution >= 0.6 is 23.5 Å². The lowest BCUT2D eigenvalue weighted by molar-refractivity contribution is -0.384. The molecule has 0 saturated carbocycles. The van der Waals surface area contributed by atoms with Crippen LogP contribution in [0.3, 0.4) is 0 Å². The number of imide groups is 1. The highest BCUT2D eigenvalue weighted by Gasteiger charge is 2.35. The zero-order valence-corrected chi connectivity index (χ0v) is 18.7. The number of benzene rings is 3. The summed E-state index contributed by atoms with van der Waals surface area (Å²) in [5.41, 5.74) is 2.48. The van der Waals surface area contributed by atoms with Crippen molar-refractivity contribution in [3.05, 3.63) is 105 Å². The van der Waals surface area contributed by atoms with E-state index in [1.807, 2.05) is 24.3 Å². The van der Waals surface area contributed by atoms with Gasteiger partial charge in [-0.15, -0.1) is 0 Å². The van der Waals surface area contributed by atoms with Crippen molar-refractivity contribution in [3.63, 3.8) is 0 Å². The summed E-state index contributed by atoms with van der Waals surface area (Å²) in [6.07, 6.45) is 1.69. The van der Waals surface area contributed by atoms with Crippen LogP contribution in [0.4, 0.5) is 10.5 Å². The number of rotatable bonds is 6. The van der Waals surface area contributed by atoms with E-state index in [9.17, 15) is 19.7 Å². The molecule has 1 aliphatic rings. The van der Waals surface area contributed by atoms with E-state index in [2.05, 4.69) is 31.2 Å². The number of hydrogen-bond donors (Lipinski definition) is 0. The molecule has 1 fully saturated rings. The lowest BCUT2D eigenvalue weighted by atomic mass is 10.2. The van der Waals surface area contributed by atoms with Gasteiger partial charge in [0.25, 0.3) is 16.8 Å². The Balaban J connectivity index is 1.46. The highest BCUT2D eigenvalue weighted by molar-refractivity contribution is 8.18. The van der Waals surface area contributed by atoms with Gasteiger partial charge in [0.2, 0.25) is 0 Å². The number of hydrogen-bond acceptors (Lipinski definition) is 6. The van der Waals surface area contributed by atoms with Crippen molar-refractivity contribution in [2.75, 3.05) is 0 Å². The predicted octanol–water partition coefficient (Wildman–Crippen LogP) is 6.29. The van der Waals surface area contributed by atoms with Gasteiger partial charge in [-0.3, -0.25) is 24.6 Å². The van der Waals surface area contributed by atoms with Crippen LogP contribution in [0.5, 0.6) is 0 Å². The molecule has 1 aliphatic heterocycles. The van der Waals surface area contributed by atoms with Crippen LogP contribution in [0, 0.1) is 17.0 Å². The zero-order valence-electron chi connectivity index (χ0n) is 17.1. The first-order valence-corrected chi connectivity index (χ1v) is 11.4. The molecular formula is C24H18N2O4S2. The smallest absolute Gasteiger partial charge is 0.268 e. The minimum atomic E-state index is -0.502. The SMILES string of the molecule is Cc1ccc(Sc2ccc(/C=C3\SC(=O)N(Cc4cccc([N+](=O)[O-])c4)C3=O)cc2)cc1. The molecule has 4 rings (SSSR count). The number of nitro benzene ring substituents is 1. The van der Waals surface area contributed by atoms with Crippen molar-refractivity contribution in [3.8, 4) is 0 Å². The second-order valence-corrected chi connectivity index (χ2v) is 9.32. The molecule has 1 saturated heterocycles. The minimum absolute atomic E-state index is 0.00415. The van der Waals surface area contributed by atoms with Crippen LogP contribution in [0.1, 0.15) is 16.7 Å². The van der Waals surface area contributed by atoms with E-state index in [0.29, 0.717) is 10.5 Å². The number of carbonyl (C=O) groups excluding carboxylic acids is 2. The summed E-state index contributed by atoms with van der Waals surface area (Å²) < 4.78 is 0. The highest BCUT2D eigenvalue weighted by atomic mass is 32.2. The largest absolute Gasteiger partial charge is 0.293 e. The topological polar surface area (TPSA) is 80.5 Å². The van der Waals surface area contributed by atoms with E-state index in [1.54, 1.807) is 30.0 Å². The average Bonchev–Trinajstić information content (AvgIpc) is 3.04. The second kappa shape index (κ2) is 9.42. The molecule has 32 heavy (non-hydrogen) atoms. The second-order valence-electron chi connectivity index (χ2n) is 7.18. The van der Waals surface area contributed by atoms with E-state index in [4.69, 9.17) is 0 Å². The normalized spacial score (nSPS) is 14.9. The summed E-state index contributed by atoms with van der Waals surface area (Å²) in [6.45, 7) is 2.05. The maximum absolute atomic E-state index is 12.8. The molecular weight excluding hydrogens is 444 g/mol. The molecule has 0 aliphatic carbocycles. The number of nitrogens with zero attached hydrogens (tertiary/aromatic N) is 2. The fraction of sp³-hybridized carbons (Fsp3) is 0.0833. The van der Waals surface area contributed by atoms with Gasteiger partial charge in [0.05, 0.1) is 16.4 Å². The van der Waals surface area contributed by atoms with Crippen molar-refractivity contribution >= 4 is 46.4 Å². The molecule has 6 nitrogen and oxygen atoms in total. The van der Waals surface area contributed by atoms with Gasteiger partial charge in [0.15, 0.2) is 0 Å². The van der Waals surface area contributed by atoms with Gasteiger partial charge in [0.1, 0.15) is 0 Å². The van der Waals surface area contributed by atoms with Crippen molar-refractivity contribution in [1.82, 2.24) is 4.90 Å². The van der Waals surface area contributed by atoms with Crippen LogP contribution in [0.2, 0.25) is 0 Å². The van der Waals surface area contributed by atoms with Crippen molar-refractivity contribution < 1.29 is 14.5 Å². The molecule has 0 unspecified atom stereocenters. The van der Waals surface area contributed by atoms with E-state index >= 15 is 0 Å². The number of aryl methyl sites for hydroxylation is 1. The number of nitro groups is 1. The fourth-order valence-electron chi connectivity index (χ4n) is 3.11. The maximum atomic E-state index is 12.8. The maximum Gasteiger partial charge on any atom is 0.293 e. The first-order chi connectivity index (χ1) is 15.4. The molecule has 0 bridgehead atoms. The number of thioether (sulfide) groups is 1. The fourth-order valence-corrected chi connectivity index (χ4v) is 4.77. The van der Waals surface area contributed by atoms with Crippen molar-refractivity contribution in [2.24, 2.45) is 0 Å². The minimum Gasteiger partial charge on any atom is -0.268 e. The summed E-state index contributed by atoms with van der Waals surface area (Å²) in [4.78, 5) is 39.3. The Morgan fingerprint density at radius 1 is 1.00 bits per heavy atom. The van der Waals surface area contributed by atoms with Gasteiger partial charge >= 0.3 is 0 Å². The molecule has 2 amide bonds. The molecule has 0 spiro atoms. The Labute approximate surface area is 193 Å². The Hall–Kier alpha value is -3.36. The van der Waals surface area contributed by atoms with Gasteiger partial charge in [-0.2, -0.15) is 0 Å². The molecule has 0 aromatic heterocycles. The molecule has 0 radical (unpaired) electrons. The van der Waals surface area contributed by atoms with E-state index in [-0.39, 0.29) is 17.5 Å². The number of carbonyl (C=O) groups is 2. The third-order valence-corrected chi connectivity index (χ3v) is 6.69. The molecule has 160 valence electrons. The quantitative estimate of drug-likeness (QED) is 0.243. The molecule has 3 aromatic carbocycles. The van der Waals surface area contributed by atoms with Gasteiger partial charge in [-0.05, 0) is 60.2 Å². The van der Waals surface area contributed by atoms with Crippen LogP contribution < -0.4 is 0 Å². The Morgan fingerprint density at radius 2 is 1.66 bits per heavy atom. The van der Waals surface area contributed by atoms with Gasteiger partial charge in [0, 0.05) is 21.9 Å². The van der Waals surface area contributed by atoms with Crippen LogP contribution in [0.15, 0.2) is 87.5 Å². The lowest BCUT2D eigenvalue weighted by Crippen LogP contribution is -2.27. The Kier molecular flexibility index (Phi) is 6.43. The summed E-state index contributed by atoms with van der Waals surface area (Å²) in [7, 11) is 0. The zero-order chi connectivity index (χ0) is 22.7. The van der Waals surface area contributed by atoms with Gasteiger partial charge in [-0.1, -0.05) is 53.7 Å². The third kappa shape index (κ3) is 5.09. The molecule has 3 aromatic rings. The first-order valence-electron chi connectivity index (χ1n) is 9.72. The molecule has 0 atom stereocenters. The van der Waals surface area contributed by atoms with Crippen molar-refractivity contribution in [2.45, 2.75) is 23.3 Å². The summed E-state index contributed by atoms with van der Waals surface area (Å²) in [6, 6.07) is 22.0. The van der Waals surface area contributed by atoms with Gasteiger partial charge in [-0.25, -0.2) is 0 Å². The van der Waals surface area contributed by atoms with Crippen molar-refractivity contribution in [1.29, 1.82) is 0 Å². The number of amides is 2. The predicted molar refractivity (Wildman–Crippen MR) is 126 cm³/mol. The monoisotopic (exact) mass is 462 g/mol. The van der Waals surface area contributed by atoms with E-state index in [1.165, 1.54) is 17.7 Å². The van der Waals surface area contributed by atoms with Gasteiger partial charge < -0.3 is 0 Å².